The van der Waals surface area contributed by atoms with E-state index in [0.29, 0.717) is 22.8 Å². The number of aliphatic hydroxyl groups is 1. The zero-order chi connectivity index (χ0) is 22.1. The lowest BCUT2D eigenvalue weighted by molar-refractivity contribution is -0.120. The van der Waals surface area contributed by atoms with Gasteiger partial charge in [-0.1, -0.05) is 12.1 Å². The topological polar surface area (TPSA) is 108 Å². The molecule has 0 spiro atoms. The van der Waals surface area contributed by atoms with Crippen LogP contribution in [0.2, 0.25) is 0 Å². The van der Waals surface area contributed by atoms with Gasteiger partial charge in [0, 0.05) is 36.8 Å². The van der Waals surface area contributed by atoms with Gasteiger partial charge in [-0.25, -0.2) is 4.39 Å². The van der Waals surface area contributed by atoms with Gasteiger partial charge in [0.25, 0.3) is 0 Å². The van der Waals surface area contributed by atoms with Crippen LogP contribution in [0.3, 0.4) is 0 Å². The fourth-order valence-electron chi connectivity index (χ4n) is 3.81. The zero-order valence-electron chi connectivity index (χ0n) is 16.9. The standard InChI is InChI=1S/C23H22FN3O4/c1-27-12-18-16(10-19(29)25-6-7-28)17-9-14(8-13-2-4-15(24)5-3-13)11-26-21(17)22(30)20(18)23(27)31/h2-5,9,11-12,28,30-31H,6-8,10H2,1H3,(H,25,29). The Bertz CT molecular complexity index is 1280. The summed E-state index contributed by atoms with van der Waals surface area (Å²) in [6, 6.07) is 8.02. The largest absolute Gasteiger partial charge is 0.505 e. The lowest BCUT2D eigenvalue weighted by Gasteiger charge is -2.12. The number of halogens is 1. The van der Waals surface area contributed by atoms with Crippen LogP contribution in [0, 0.1) is 5.82 Å². The number of phenolic OH excluding ortho intramolecular Hbond substituents is 1. The van der Waals surface area contributed by atoms with Gasteiger partial charge >= 0.3 is 0 Å². The van der Waals surface area contributed by atoms with E-state index in [-0.39, 0.29) is 53.8 Å². The predicted octanol–water partition coefficient (Wildman–Crippen LogP) is 2.52. The van der Waals surface area contributed by atoms with E-state index in [1.165, 1.54) is 16.7 Å². The summed E-state index contributed by atoms with van der Waals surface area (Å²) in [5, 5.41) is 34.2. The van der Waals surface area contributed by atoms with Gasteiger partial charge in [-0.15, -0.1) is 0 Å². The van der Waals surface area contributed by atoms with Crippen molar-refractivity contribution < 1.29 is 24.5 Å². The Morgan fingerprint density at radius 3 is 2.61 bits per heavy atom. The highest BCUT2D eigenvalue weighted by atomic mass is 19.1. The maximum atomic E-state index is 13.2. The van der Waals surface area contributed by atoms with E-state index < -0.39 is 0 Å². The summed E-state index contributed by atoms with van der Waals surface area (Å²) in [6.45, 7) is -0.0426. The molecule has 0 saturated carbocycles. The van der Waals surface area contributed by atoms with E-state index in [9.17, 15) is 19.4 Å². The number of nitrogens with zero attached hydrogens (tertiary/aromatic N) is 2. The Morgan fingerprint density at radius 1 is 1.16 bits per heavy atom. The minimum atomic E-state index is -0.312. The first-order chi connectivity index (χ1) is 14.9. The summed E-state index contributed by atoms with van der Waals surface area (Å²) in [4.78, 5) is 16.8. The number of carbonyl (C=O) groups is 1. The molecule has 8 heteroatoms. The molecule has 160 valence electrons. The maximum Gasteiger partial charge on any atom is 0.224 e. The molecule has 4 N–H and O–H groups in total. The third kappa shape index (κ3) is 3.89. The number of aromatic nitrogens is 2. The molecular weight excluding hydrogens is 401 g/mol. The number of rotatable bonds is 6. The number of aryl methyl sites for hydroxylation is 1. The lowest BCUT2D eigenvalue weighted by atomic mass is 9.96. The van der Waals surface area contributed by atoms with Crippen LogP contribution in [0.15, 0.2) is 42.7 Å². The molecule has 2 aromatic carbocycles. The number of benzene rings is 2. The first-order valence-electron chi connectivity index (χ1n) is 9.81. The van der Waals surface area contributed by atoms with E-state index in [1.54, 1.807) is 31.6 Å². The van der Waals surface area contributed by atoms with Crippen molar-refractivity contribution in [2.75, 3.05) is 13.2 Å². The number of hydrogen-bond donors (Lipinski definition) is 4. The number of pyridine rings is 1. The van der Waals surface area contributed by atoms with Crippen molar-refractivity contribution in [1.29, 1.82) is 0 Å². The monoisotopic (exact) mass is 423 g/mol. The van der Waals surface area contributed by atoms with Gasteiger partial charge in [-0.05, 0) is 41.3 Å². The van der Waals surface area contributed by atoms with Crippen molar-refractivity contribution in [2.24, 2.45) is 7.05 Å². The summed E-state index contributed by atoms with van der Waals surface area (Å²) in [7, 11) is 1.64. The number of carbonyl (C=O) groups excluding carboxylic acids is 1. The Hall–Kier alpha value is -3.65. The van der Waals surface area contributed by atoms with E-state index in [2.05, 4.69) is 10.3 Å². The quantitative estimate of drug-likeness (QED) is 0.381. The second kappa shape index (κ2) is 8.23. The van der Waals surface area contributed by atoms with Crippen LogP contribution in [0.1, 0.15) is 16.7 Å². The molecule has 4 aromatic rings. The highest BCUT2D eigenvalue weighted by molar-refractivity contribution is 6.10. The minimum absolute atomic E-state index is 0.0155. The number of aromatic hydroxyl groups is 2. The Kier molecular flexibility index (Phi) is 5.48. The molecule has 2 heterocycles. The molecule has 7 nitrogen and oxygen atoms in total. The summed E-state index contributed by atoms with van der Waals surface area (Å²) in [5.74, 6) is -0.887. The van der Waals surface area contributed by atoms with Crippen molar-refractivity contribution in [3.63, 3.8) is 0 Å². The van der Waals surface area contributed by atoms with Crippen LogP contribution in [0.25, 0.3) is 21.7 Å². The van der Waals surface area contributed by atoms with Crippen molar-refractivity contribution in [3.05, 3.63) is 65.2 Å². The summed E-state index contributed by atoms with van der Waals surface area (Å²) >= 11 is 0. The van der Waals surface area contributed by atoms with Gasteiger partial charge in [-0.2, -0.15) is 0 Å². The van der Waals surface area contributed by atoms with Crippen LogP contribution in [0.4, 0.5) is 4.39 Å². The molecule has 0 bridgehead atoms. The third-order valence-electron chi connectivity index (χ3n) is 5.30. The van der Waals surface area contributed by atoms with Gasteiger partial charge < -0.3 is 25.2 Å². The average molecular weight is 423 g/mol. The molecule has 31 heavy (non-hydrogen) atoms. The maximum absolute atomic E-state index is 13.2. The van der Waals surface area contributed by atoms with Crippen molar-refractivity contribution >= 4 is 27.6 Å². The molecular formula is C23H22FN3O4. The van der Waals surface area contributed by atoms with Gasteiger partial charge in [0.2, 0.25) is 11.8 Å². The van der Waals surface area contributed by atoms with Crippen molar-refractivity contribution in [3.8, 4) is 11.6 Å². The molecule has 0 atom stereocenters. The lowest BCUT2D eigenvalue weighted by Crippen LogP contribution is -2.28. The number of nitrogens with one attached hydrogen (secondary N) is 1. The van der Waals surface area contributed by atoms with E-state index in [1.807, 2.05) is 6.07 Å². The first kappa shape index (κ1) is 20.6. The molecule has 0 aliphatic rings. The minimum Gasteiger partial charge on any atom is -0.505 e. The molecule has 0 fully saturated rings. The number of hydrogen-bond acceptors (Lipinski definition) is 5. The Morgan fingerprint density at radius 2 is 1.90 bits per heavy atom. The summed E-state index contributed by atoms with van der Waals surface area (Å²) in [6.07, 6.45) is 3.76. The molecule has 0 aliphatic carbocycles. The highest BCUT2D eigenvalue weighted by Gasteiger charge is 2.22. The van der Waals surface area contributed by atoms with Gasteiger partial charge in [0.1, 0.15) is 11.3 Å². The van der Waals surface area contributed by atoms with Crippen LogP contribution < -0.4 is 5.32 Å². The van der Waals surface area contributed by atoms with Gasteiger partial charge in [0.05, 0.1) is 18.4 Å². The SMILES string of the molecule is Cn1cc2c(CC(=O)NCCO)c3cc(Cc4ccc(F)cc4)cnc3c(O)c2c1O. The normalized spacial score (nSPS) is 11.3. The molecule has 0 unspecified atom stereocenters. The predicted molar refractivity (Wildman–Crippen MR) is 115 cm³/mol. The van der Waals surface area contributed by atoms with Crippen LogP contribution in [-0.4, -0.2) is 43.9 Å². The molecule has 0 saturated heterocycles. The van der Waals surface area contributed by atoms with Gasteiger partial charge in [0.15, 0.2) is 5.75 Å². The fraction of sp³-hybridized carbons (Fsp3) is 0.217. The number of phenols is 1. The van der Waals surface area contributed by atoms with Gasteiger partial charge in [-0.3, -0.25) is 9.78 Å². The highest BCUT2D eigenvalue weighted by Crippen LogP contribution is 2.42. The third-order valence-corrected chi connectivity index (χ3v) is 5.30. The average Bonchev–Trinajstić information content (AvgIpc) is 3.05. The molecule has 0 aliphatic heterocycles. The molecule has 2 aromatic heterocycles. The zero-order valence-corrected chi connectivity index (χ0v) is 16.9. The van der Waals surface area contributed by atoms with Crippen LogP contribution in [-0.2, 0) is 24.7 Å². The van der Waals surface area contributed by atoms with Crippen molar-refractivity contribution in [2.45, 2.75) is 12.8 Å². The molecule has 0 radical (unpaired) electrons. The van der Waals surface area contributed by atoms with E-state index in [0.717, 1.165) is 11.1 Å². The summed E-state index contributed by atoms with van der Waals surface area (Å²) < 4.78 is 14.7. The van der Waals surface area contributed by atoms with Crippen LogP contribution in [0.5, 0.6) is 11.6 Å². The first-order valence-corrected chi connectivity index (χ1v) is 9.81. The Labute approximate surface area is 177 Å². The van der Waals surface area contributed by atoms with E-state index in [4.69, 9.17) is 5.11 Å². The van der Waals surface area contributed by atoms with Crippen molar-refractivity contribution in [1.82, 2.24) is 14.9 Å². The fourth-order valence-corrected chi connectivity index (χ4v) is 3.81. The Balaban J connectivity index is 1.87. The van der Waals surface area contributed by atoms with E-state index >= 15 is 0 Å². The smallest absolute Gasteiger partial charge is 0.224 e. The number of aliphatic hydroxyl groups excluding tert-OH is 1. The number of fused-ring (bicyclic) bond motifs is 2. The number of amides is 1. The second-order valence-electron chi connectivity index (χ2n) is 7.47. The molecule has 4 rings (SSSR count). The van der Waals surface area contributed by atoms with Crippen LogP contribution >= 0.6 is 0 Å². The summed E-state index contributed by atoms with van der Waals surface area (Å²) in [5.41, 5.74) is 2.62. The molecule has 1 amide bonds. The second-order valence-corrected chi connectivity index (χ2v) is 7.47.